The molecule has 0 fully saturated rings. The van der Waals surface area contributed by atoms with E-state index in [0.717, 1.165) is 17.7 Å². The molecule has 1 aromatic heterocycles. The van der Waals surface area contributed by atoms with E-state index in [1.807, 2.05) is 6.92 Å². The minimum absolute atomic E-state index is 0.0180. The zero-order chi connectivity index (χ0) is 22.2. The van der Waals surface area contributed by atoms with Crippen LogP contribution in [0.4, 0.5) is 10.1 Å². The van der Waals surface area contributed by atoms with Gasteiger partial charge in [0, 0.05) is 27.8 Å². The van der Waals surface area contributed by atoms with Crippen LogP contribution in [0.15, 0.2) is 82.7 Å². The van der Waals surface area contributed by atoms with Crippen molar-refractivity contribution in [1.82, 2.24) is 4.57 Å². The molecule has 0 unspecified atom stereocenters. The molecular weight excluding hydrogens is 439 g/mol. The molecule has 0 spiro atoms. The summed E-state index contributed by atoms with van der Waals surface area (Å²) in [7, 11) is -3.90. The number of halogens is 2. The molecule has 4 aromatic rings. The number of sulfone groups is 1. The third kappa shape index (κ3) is 4.19. The van der Waals surface area contributed by atoms with E-state index in [-0.39, 0.29) is 22.2 Å². The lowest BCUT2D eigenvalue weighted by atomic mass is 10.2. The van der Waals surface area contributed by atoms with Crippen molar-refractivity contribution in [2.45, 2.75) is 23.3 Å². The Kier molecular flexibility index (Phi) is 5.56. The molecular formula is C23H18ClFN2O3S. The normalized spacial score (nSPS) is 11.6. The third-order valence-corrected chi connectivity index (χ3v) is 7.14. The average Bonchev–Trinajstić information content (AvgIpc) is 3.10. The number of fused-ring (bicyclic) bond motifs is 1. The summed E-state index contributed by atoms with van der Waals surface area (Å²) in [5, 5.41) is 3.80. The monoisotopic (exact) mass is 456 g/mol. The van der Waals surface area contributed by atoms with Crippen molar-refractivity contribution in [2.24, 2.45) is 0 Å². The Morgan fingerprint density at radius 3 is 2.48 bits per heavy atom. The van der Waals surface area contributed by atoms with Crippen LogP contribution >= 0.6 is 11.6 Å². The van der Waals surface area contributed by atoms with E-state index in [1.165, 1.54) is 18.3 Å². The molecule has 0 aliphatic heterocycles. The molecule has 0 aliphatic rings. The fourth-order valence-corrected chi connectivity index (χ4v) is 4.98. The minimum atomic E-state index is -3.90. The lowest BCUT2D eigenvalue weighted by molar-refractivity contribution is -0.116. The fourth-order valence-electron chi connectivity index (χ4n) is 3.32. The maximum Gasteiger partial charge on any atom is 0.244 e. The Morgan fingerprint density at radius 2 is 1.77 bits per heavy atom. The van der Waals surface area contributed by atoms with E-state index in [2.05, 4.69) is 5.32 Å². The molecule has 0 saturated heterocycles. The van der Waals surface area contributed by atoms with E-state index in [9.17, 15) is 17.6 Å². The van der Waals surface area contributed by atoms with Gasteiger partial charge in [-0.05, 0) is 55.0 Å². The first kappa shape index (κ1) is 21.1. The van der Waals surface area contributed by atoms with Crippen LogP contribution in [-0.2, 0) is 21.2 Å². The number of nitrogens with zero attached hydrogens (tertiary/aromatic N) is 1. The Morgan fingerprint density at radius 1 is 1.06 bits per heavy atom. The van der Waals surface area contributed by atoms with E-state index >= 15 is 0 Å². The number of hydrogen-bond donors (Lipinski definition) is 1. The summed E-state index contributed by atoms with van der Waals surface area (Å²) in [6.45, 7) is 1.77. The average molecular weight is 457 g/mol. The first-order valence-corrected chi connectivity index (χ1v) is 11.3. The molecule has 8 heteroatoms. The highest BCUT2D eigenvalue weighted by molar-refractivity contribution is 7.91. The second kappa shape index (κ2) is 8.17. The van der Waals surface area contributed by atoms with Crippen LogP contribution in [0.5, 0.6) is 0 Å². The van der Waals surface area contributed by atoms with Gasteiger partial charge in [0.25, 0.3) is 0 Å². The lowest BCUT2D eigenvalue weighted by Crippen LogP contribution is -2.18. The smallest absolute Gasteiger partial charge is 0.244 e. The zero-order valence-electron chi connectivity index (χ0n) is 16.5. The predicted octanol–water partition coefficient (Wildman–Crippen LogP) is 5.21. The number of anilines is 1. The van der Waals surface area contributed by atoms with E-state index < -0.39 is 15.7 Å². The zero-order valence-corrected chi connectivity index (χ0v) is 18.0. The molecule has 5 nitrogen and oxygen atoms in total. The molecule has 0 aliphatic carbocycles. The number of hydrogen-bond acceptors (Lipinski definition) is 3. The molecule has 1 amide bonds. The van der Waals surface area contributed by atoms with Gasteiger partial charge < -0.3 is 9.88 Å². The van der Waals surface area contributed by atoms with Gasteiger partial charge in [0.2, 0.25) is 15.7 Å². The standard InChI is InChI=1S/C23H18ClFN2O3S/c1-15-6-9-17(12-20(15)24)26-23(28)14-27-13-22(19-4-2-3-5-21(19)27)31(29,30)18-10-7-16(25)8-11-18/h2-13H,14H2,1H3,(H,26,28). The molecule has 31 heavy (non-hydrogen) atoms. The number of carbonyl (C=O) groups excluding carboxylic acids is 1. The number of para-hydroxylation sites is 1. The van der Waals surface area contributed by atoms with Crippen molar-refractivity contribution in [2.75, 3.05) is 5.32 Å². The largest absolute Gasteiger partial charge is 0.337 e. The first-order valence-electron chi connectivity index (χ1n) is 9.40. The van der Waals surface area contributed by atoms with Crippen LogP contribution in [0, 0.1) is 12.7 Å². The summed E-state index contributed by atoms with van der Waals surface area (Å²) in [4.78, 5) is 12.7. The quantitative estimate of drug-likeness (QED) is 0.419. The minimum Gasteiger partial charge on any atom is -0.337 e. The SMILES string of the molecule is Cc1ccc(NC(=O)Cn2cc(S(=O)(=O)c3ccc(F)cc3)c3ccccc32)cc1Cl. The van der Waals surface area contributed by atoms with Gasteiger partial charge in [-0.15, -0.1) is 0 Å². The predicted molar refractivity (Wildman–Crippen MR) is 119 cm³/mol. The fraction of sp³-hybridized carbons (Fsp3) is 0.0870. The third-order valence-electron chi connectivity index (χ3n) is 4.94. The first-order chi connectivity index (χ1) is 14.8. The van der Waals surface area contributed by atoms with Gasteiger partial charge in [-0.25, -0.2) is 12.8 Å². The van der Waals surface area contributed by atoms with Crippen LogP contribution < -0.4 is 5.32 Å². The van der Waals surface area contributed by atoms with Crippen molar-refractivity contribution in [3.63, 3.8) is 0 Å². The number of aryl methyl sites for hydroxylation is 1. The Labute approximate surface area is 184 Å². The molecule has 0 saturated carbocycles. The molecule has 1 N–H and O–H groups in total. The van der Waals surface area contributed by atoms with Gasteiger partial charge in [-0.2, -0.15) is 0 Å². The maximum absolute atomic E-state index is 13.3. The van der Waals surface area contributed by atoms with Crippen LogP contribution in [0.25, 0.3) is 10.9 Å². The van der Waals surface area contributed by atoms with Crippen molar-refractivity contribution >= 4 is 43.9 Å². The van der Waals surface area contributed by atoms with Crippen LogP contribution in [0.2, 0.25) is 5.02 Å². The summed E-state index contributed by atoms with van der Waals surface area (Å²) < 4.78 is 41.2. The Hall–Kier alpha value is -3.16. The summed E-state index contributed by atoms with van der Waals surface area (Å²) in [6, 6.07) is 16.8. The molecule has 3 aromatic carbocycles. The topological polar surface area (TPSA) is 68.2 Å². The molecule has 0 radical (unpaired) electrons. The highest BCUT2D eigenvalue weighted by atomic mass is 35.5. The van der Waals surface area contributed by atoms with Gasteiger partial charge in [0.15, 0.2) is 0 Å². The van der Waals surface area contributed by atoms with Crippen LogP contribution in [-0.4, -0.2) is 18.9 Å². The highest BCUT2D eigenvalue weighted by Crippen LogP contribution is 2.30. The number of aromatic nitrogens is 1. The van der Waals surface area contributed by atoms with Crippen LogP contribution in [0.3, 0.4) is 0 Å². The number of carbonyl (C=O) groups is 1. The molecule has 0 atom stereocenters. The van der Waals surface area contributed by atoms with E-state index in [4.69, 9.17) is 11.6 Å². The van der Waals surface area contributed by atoms with Crippen molar-refractivity contribution in [3.05, 3.63) is 89.3 Å². The number of benzene rings is 3. The summed E-state index contributed by atoms with van der Waals surface area (Å²) >= 11 is 6.11. The summed E-state index contributed by atoms with van der Waals surface area (Å²) in [6.07, 6.45) is 1.44. The number of amides is 1. The second-order valence-corrected chi connectivity index (χ2v) is 9.43. The highest BCUT2D eigenvalue weighted by Gasteiger charge is 2.24. The summed E-state index contributed by atoms with van der Waals surface area (Å²) in [5.74, 6) is -0.847. The van der Waals surface area contributed by atoms with Crippen molar-refractivity contribution in [1.29, 1.82) is 0 Å². The van der Waals surface area contributed by atoms with Gasteiger partial charge in [-0.3, -0.25) is 4.79 Å². The van der Waals surface area contributed by atoms with Gasteiger partial charge in [0.05, 0.1) is 9.79 Å². The van der Waals surface area contributed by atoms with E-state index in [0.29, 0.717) is 21.6 Å². The molecule has 158 valence electrons. The molecule has 1 heterocycles. The number of rotatable bonds is 5. The summed E-state index contributed by atoms with van der Waals surface area (Å²) in [5.41, 5.74) is 2.04. The van der Waals surface area contributed by atoms with Gasteiger partial charge in [-0.1, -0.05) is 35.9 Å². The van der Waals surface area contributed by atoms with Crippen molar-refractivity contribution < 1.29 is 17.6 Å². The molecule has 0 bridgehead atoms. The Bertz CT molecular complexity index is 1400. The lowest BCUT2D eigenvalue weighted by Gasteiger charge is -2.08. The second-order valence-electron chi connectivity index (χ2n) is 7.11. The maximum atomic E-state index is 13.3. The van der Waals surface area contributed by atoms with Crippen molar-refractivity contribution in [3.8, 4) is 0 Å². The number of nitrogens with one attached hydrogen (secondary N) is 1. The van der Waals surface area contributed by atoms with E-state index in [1.54, 1.807) is 47.0 Å². The van der Waals surface area contributed by atoms with Gasteiger partial charge >= 0.3 is 0 Å². The Balaban J connectivity index is 1.69. The van der Waals surface area contributed by atoms with Gasteiger partial charge in [0.1, 0.15) is 12.4 Å². The van der Waals surface area contributed by atoms with Crippen LogP contribution in [0.1, 0.15) is 5.56 Å². The molecule has 4 rings (SSSR count).